The number of fused-ring (bicyclic) bond motifs is 1. The van der Waals surface area contributed by atoms with E-state index in [1.165, 1.54) is 5.57 Å². The maximum absolute atomic E-state index is 11.1. The summed E-state index contributed by atoms with van der Waals surface area (Å²) in [5, 5.41) is 4.05. The van der Waals surface area contributed by atoms with E-state index < -0.39 is 0 Å². The van der Waals surface area contributed by atoms with Gasteiger partial charge in [-0.2, -0.15) is 0 Å². The van der Waals surface area contributed by atoms with E-state index in [0.29, 0.717) is 11.1 Å². The first kappa shape index (κ1) is 24.7. The molecule has 1 N–H and O–H groups in total. The Morgan fingerprint density at radius 1 is 1.30 bits per heavy atom. The molecule has 0 aliphatic heterocycles. The second-order valence-electron chi connectivity index (χ2n) is 6.80. The van der Waals surface area contributed by atoms with Gasteiger partial charge < -0.3 is 14.5 Å². The smallest absolute Gasteiger partial charge is 0.339 e. The number of hydrogen-bond donors (Lipinski definition) is 1. The minimum atomic E-state index is -0.256. The Labute approximate surface area is 165 Å². The Morgan fingerprint density at radius 3 is 2.41 bits per heavy atom. The van der Waals surface area contributed by atoms with Crippen LogP contribution in [-0.2, 0) is 4.74 Å². The van der Waals surface area contributed by atoms with Gasteiger partial charge in [0.1, 0.15) is 5.58 Å². The summed E-state index contributed by atoms with van der Waals surface area (Å²) in [6, 6.07) is 9.31. The van der Waals surface area contributed by atoms with Crippen molar-refractivity contribution in [1.29, 1.82) is 0 Å². The topological polar surface area (TPSA) is 51.5 Å². The van der Waals surface area contributed by atoms with Crippen molar-refractivity contribution < 1.29 is 10.6 Å². The first-order valence-corrected chi connectivity index (χ1v) is 9.27. The van der Waals surface area contributed by atoms with Gasteiger partial charge in [0, 0.05) is 24.5 Å². The highest BCUT2D eigenvalue weighted by Crippen LogP contribution is 2.11. The molecule has 0 amide bonds. The van der Waals surface area contributed by atoms with E-state index in [9.17, 15) is 4.79 Å². The van der Waals surface area contributed by atoms with Gasteiger partial charge >= 0.3 is 5.63 Å². The van der Waals surface area contributed by atoms with Crippen molar-refractivity contribution in [2.24, 2.45) is 5.92 Å². The summed E-state index contributed by atoms with van der Waals surface area (Å²) in [4.78, 5) is 11.1. The fraction of sp³-hybridized carbons (Fsp3) is 0.435. The molecule has 0 bridgehead atoms. The van der Waals surface area contributed by atoms with Crippen LogP contribution in [0.2, 0.25) is 0 Å². The summed E-state index contributed by atoms with van der Waals surface area (Å²) < 4.78 is 10.1. The third kappa shape index (κ3) is 10.4. The Bertz CT molecular complexity index is 789. The van der Waals surface area contributed by atoms with Crippen molar-refractivity contribution in [2.75, 3.05) is 20.7 Å². The Hall–Kier alpha value is -2.33. The van der Waals surface area contributed by atoms with Crippen LogP contribution in [0.1, 0.15) is 41.6 Å². The number of likely N-dealkylation sites (N-methyl/N-ethyl adjacent to an activating group) is 1. The molecule has 4 heteroatoms. The monoisotopic (exact) mass is 375 g/mol. The van der Waals surface area contributed by atoms with Gasteiger partial charge in [0.15, 0.2) is 0 Å². The quantitative estimate of drug-likeness (QED) is 0.422. The summed E-state index contributed by atoms with van der Waals surface area (Å²) in [7, 11) is 3.61. The van der Waals surface area contributed by atoms with Crippen molar-refractivity contribution in [1.82, 2.24) is 5.32 Å². The van der Waals surface area contributed by atoms with E-state index in [2.05, 4.69) is 32.2 Å². The number of para-hydroxylation sites is 1. The zero-order chi connectivity index (χ0) is 20.8. The molecule has 2 rings (SSSR count). The van der Waals surface area contributed by atoms with Gasteiger partial charge in [-0.05, 0) is 45.9 Å². The lowest BCUT2D eigenvalue weighted by Gasteiger charge is -2.05. The third-order valence-corrected chi connectivity index (χ3v) is 3.31. The average Bonchev–Trinajstić information content (AvgIpc) is 2.62. The Kier molecular flexibility index (Phi) is 12.6. The SMILES string of the molecule is C/C=C\C(CNC)=C(/C)OC.CC(C)C.Cc1cc2ccccc2oc1=O.[HH]. The zero-order valence-electron chi connectivity index (χ0n) is 18.1. The van der Waals surface area contributed by atoms with Crippen LogP contribution in [0, 0.1) is 12.8 Å². The summed E-state index contributed by atoms with van der Waals surface area (Å²) in [6.07, 6.45) is 4.06. The molecule has 2 aromatic rings. The molecule has 1 aromatic heterocycles. The van der Waals surface area contributed by atoms with Gasteiger partial charge in [-0.1, -0.05) is 51.1 Å². The Balaban J connectivity index is 0. The van der Waals surface area contributed by atoms with Gasteiger partial charge in [0.05, 0.1) is 12.9 Å². The van der Waals surface area contributed by atoms with Crippen molar-refractivity contribution in [2.45, 2.75) is 41.5 Å². The first-order valence-electron chi connectivity index (χ1n) is 9.27. The number of methoxy groups -OCH3 is 1. The van der Waals surface area contributed by atoms with Gasteiger partial charge in [0.25, 0.3) is 0 Å². The summed E-state index contributed by atoms with van der Waals surface area (Å²) >= 11 is 0. The summed E-state index contributed by atoms with van der Waals surface area (Å²) in [5.41, 5.74) is 2.23. The molecule has 0 fully saturated rings. The molecular formula is C23H37NO3. The number of ether oxygens (including phenoxy) is 1. The average molecular weight is 376 g/mol. The molecule has 0 saturated carbocycles. The zero-order valence-corrected chi connectivity index (χ0v) is 18.1. The van der Waals surface area contributed by atoms with Crippen LogP contribution in [0.3, 0.4) is 0 Å². The summed E-state index contributed by atoms with van der Waals surface area (Å²) in [5.74, 6) is 1.80. The lowest BCUT2D eigenvalue weighted by Crippen LogP contribution is -2.11. The molecule has 0 saturated heterocycles. The highest BCUT2D eigenvalue weighted by atomic mass is 16.5. The molecule has 27 heavy (non-hydrogen) atoms. The number of hydrogen-bond acceptors (Lipinski definition) is 4. The molecule has 152 valence electrons. The molecule has 0 aliphatic rings. The fourth-order valence-electron chi connectivity index (χ4n) is 1.99. The molecule has 1 heterocycles. The van der Waals surface area contributed by atoms with Gasteiger partial charge in [-0.3, -0.25) is 0 Å². The minimum Gasteiger partial charge on any atom is -0.501 e. The normalized spacial score (nSPS) is 11.4. The van der Waals surface area contributed by atoms with Crippen molar-refractivity contribution in [3.05, 3.63) is 69.8 Å². The first-order chi connectivity index (χ1) is 12.8. The van der Waals surface area contributed by atoms with Crippen LogP contribution in [0.5, 0.6) is 0 Å². The second kappa shape index (κ2) is 13.8. The predicted molar refractivity (Wildman–Crippen MR) is 118 cm³/mol. The Morgan fingerprint density at radius 2 is 1.89 bits per heavy atom. The van der Waals surface area contributed by atoms with E-state index in [0.717, 1.165) is 23.6 Å². The maximum Gasteiger partial charge on any atom is 0.339 e. The fourth-order valence-corrected chi connectivity index (χ4v) is 1.99. The minimum absolute atomic E-state index is 0. The molecule has 0 atom stereocenters. The van der Waals surface area contributed by atoms with E-state index in [-0.39, 0.29) is 7.05 Å². The highest BCUT2D eigenvalue weighted by molar-refractivity contribution is 5.76. The second-order valence-corrected chi connectivity index (χ2v) is 6.80. The van der Waals surface area contributed by atoms with Crippen molar-refractivity contribution in [3.8, 4) is 0 Å². The predicted octanol–water partition coefficient (Wildman–Crippen LogP) is 5.71. The number of aryl methyl sites for hydroxylation is 1. The molecule has 0 radical (unpaired) electrons. The number of benzene rings is 1. The maximum atomic E-state index is 11.1. The molecular weight excluding hydrogens is 338 g/mol. The lowest BCUT2D eigenvalue weighted by molar-refractivity contribution is 0.289. The number of rotatable bonds is 4. The van der Waals surface area contributed by atoms with E-state index in [4.69, 9.17) is 9.15 Å². The van der Waals surface area contributed by atoms with Gasteiger partial charge in [-0.25, -0.2) is 4.79 Å². The van der Waals surface area contributed by atoms with E-state index in [1.807, 2.05) is 51.2 Å². The lowest BCUT2D eigenvalue weighted by atomic mass is 10.2. The van der Waals surface area contributed by atoms with Crippen LogP contribution in [0.15, 0.2) is 63.0 Å². The van der Waals surface area contributed by atoms with Crippen LogP contribution in [0.25, 0.3) is 11.0 Å². The van der Waals surface area contributed by atoms with Crippen molar-refractivity contribution >= 4 is 11.0 Å². The van der Waals surface area contributed by atoms with E-state index in [1.54, 1.807) is 20.1 Å². The molecule has 0 spiro atoms. The molecule has 0 aliphatic carbocycles. The largest absolute Gasteiger partial charge is 0.501 e. The van der Waals surface area contributed by atoms with Crippen LogP contribution in [-0.4, -0.2) is 20.7 Å². The number of allylic oxidation sites excluding steroid dienone is 2. The van der Waals surface area contributed by atoms with Crippen LogP contribution in [0.4, 0.5) is 0 Å². The molecule has 0 unspecified atom stereocenters. The van der Waals surface area contributed by atoms with Crippen LogP contribution >= 0.6 is 0 Å². The molecule has 1 aromatic carbocycles. The third-order valence-electron chi connectivity index (χ3n) is 3.31. The van der Waals surface area contributed by atoms with Gasteiger partial charge in [-0.15, -0.1) is 0 Å². The van der Waals surface area contributed by atoms with Crippen LogP contribution < -0.4 is 10.9 Å². The standard InChI is InChI=1S/C10H8O2.C9H17NO.C4H10.H2/c1-7-6-8-4-2-3-5-9(8)12-10(7)11;1-5-6-9(7-10-3)8(2)11-4;1-4(2)3;/h2-6H,1H3;5-6,10H,7H2,1-4H3;4H,1-3H3;1H/b;6-5-,9-8-;;. The highest BCUT2D eigenvalue weighted by Gasteiger charge is 1.98. The van der Waals surface area contributed by atoms with E-state index >= 15 is 0 Å². The molecule has 4 nitrogen and oxygen atoms in total. The van der Waals surface area contributed by atoms with Gasteiger partial charge in [0.2, 0.25) is 0 Å². The summed E-state index contributed by atoms with van der Waals surface area (Å²) in [6.45, 7) is 13.1. The van der Waals surface area contributed by atoms with Crippen molar-refractivity contribution in [3.63, 3.8) is 0 Å². The number of nitrogens with one attached hydrogen (secondary N) is 1.